The van der Waals surface area contributed by atoms with Crippen molar-refractivity contribution in [1.82, 2.24) is 4.98 Å². The summed E-state index contributed by atoms with van der Waals surface area (Å²) in [6.07, 6.45) is 1.72. The number of hydrogen-bond donors (Lipinski definition) is 1. The molecule has 1 unspecified atom stereocenters. The van der Waals surface area contributed by atoms with Gasteiger partial charge in [-0.1, -0.05) is 36.4 Å². The van der Waals surface area contributed by atoms with Gasteiger partial charge in [0, 0.05) is 6.20 Å². The third-order valence-electron chi connectivity index (χ3n) is 2.21. The van der Waals surface area contributed by atoms with Crippen LogP contribution in [0.25, 0.3) is 0 Å². The summed E-state index contributed by atoms with van der Waals surface area (Å²) in [7, 11) is 0. The van der Waals surface area contributed by atoms with Gasteiger partial charge in [-0.15, -0.1) is 0 Å². The Labute approximate surface area is 88.3 Å². The molecule has 0 radical (unpaired) electrons. The van der Waals surface area contributed by atoms with Gasteiger partial charge in [-0.05, 0) is 17.7 Å². The van der Waals surface area contributed by atoms with E-state index in [1.807, 2.05) is 48.5 Å². The second-order valence-electron chi connectivity index (χ2n) is 3.20. The Morgan fingerprint density at radius 1 is 1.00 bits per heavy atom. The molecule has 0 amide bonds. The van der Waals surface area contributed by atoms with Crippen LogP contribution in [0.3, 0.4) is 0 Å². The van der Waals surface area contributed by atoms with Gasteiger partial charge in [0.2, 0.25) is 0 Å². The van der Waals surface area contributed by atoms with E-state index in [0.29, 0.717) is 0 Å². The van der Waals surface area contributed by atoms with Gasteiger partial charge < -0.3 is 0 Å². The first-order valence-corrected chi connectivity index (χ1v) is 4.74. The number of nitrogens with zero attached hydrogens (tertiary/aromatic N) is 2. The Balaban J connectivity index is 2.38. The van der Waals surface area contributed by atoms with E-state index in [1.165, 1.54) is 0 Å². The van der Waals surface area contributed by atoms with Crippen LogP contribution in [-0.2, 0) is 0 Å². The molecule has 0 spiro atoms. The summed E-state index contributed by atoms with van der Waals surface area (Å²) in [6, 6.07) is 15.1. The van der Waals surface area contributed by atoms with E-state index < -0.39 is 0 Å². The largest absolute Gasteiger partial charge is 0.259 e. The highest BCUT2D eigenvalue weighted by Crippen LogP contribution is 2.23. The second-order valence-corrected chi connectivity index (χ2v) is 3.20. The standard InChI is InChI=1S/C12H11N3/c13-15-12(10-6-2-1-3-7-10)11-8-4-5-9-14-11/h1-9,12-13H. The molecule has 1 atom stereocenters. The van der Waals surface area contributed by atoms with Crippen molar-refractivity contribution >= 4 is 0 Å². The van der Waals surface area contributed by atoms with Gasteiger partial charge in [-0.2, -0.15) is 5.11 Å². The molecule has 15 heavy (non-hydrogen) atoms. The van der Waals surface area contributed by atoms with E-state index in [9.17, 15) is 0 Å². The first kappa shape index (κ1) is 9.52. The van der Waals surface area contributed by atoms with Crippen LogP contribution in [0.1, 0.15) is 17.3 Å². The lowest BCUT2D eigenvalue weighted by Gasteiger charge is -2.09. The Morgan fingerprint density at radius 3 is 2.33 bits per heavy atom. The lowest BCUT2D eigenvalue weighted by Crippen LogP contribution is -1.98. The molecule has 2 rings (SSSR count). The number of hydrogen-bond acceptors (Lipinski definition) is 3. The van der Waals surface area contributed by atoms with Crippen LogP contribution in [0.15, 0.2) is 59.8 Å². The molecule has 0 saturated heterocycles. The summed E-state index contributed by atoms with van der Waals surface area (Å²) >= 11 is 0. The zero-order chi connectivity index (χ0) is 10.5. The maximum atomic E-state index is 7.22. The first-order chi connectivity index (χ1) is 7.42. The summed E-state index contributed by atoms with van der Waals surface area (Å²) in [4.78, 5) is 4.21. The quantitative estimate of drug-likeness (QED) is 0.754. The Morgan fingerprint density at radius 2 is 1.73 bits per heavy atom. The molecule has 3 nitrogen and oxygen atoms in total. The molecule has 1 heterocycles. The average Bonchev–Trinajstić information content (AvgIpc) is 2.33. The molecular formula is C12H11N3. The van der Waals surface area contributed by atoms with E-state index in [1.54, 1.807) is 6.20 Å². The highest BCUT2D eigenvalue weighted by atomic mass is 15.0. The highest BCUT2D eigenvalue weighted by Gasteiger charge is 2.12. The smallest absolute Gasteiger partial charge is 0.137 e. The Kier molecular flexibility index (Phi) is 2.83. The molecule has 3 heteroatoms. The predicted octanol–water partition coefficient (Wildman–Crippen LogP) is 3.20. The first-order valence-electron chi connectivity index (χ1n) is 4.74. The number of nitrogens with one attached hydrogen (secondary N) is 1. The minimum Gasteiger partial charge on any atom is -0.259 e. The zero-order valence-corrected chi connectivity index (χ0v) is 8.17. The van der Waals surface area contributed by atoms with Gasteiger partial charge in [-0.3, -0.25) is 4.98 Å². The molecule has 74 valence electrons. The minimum absolute atomic E-state index is 0.285. The van der Waals surface area contributed by atoms with Gasteiger partial charge in [-0.25, -0.2) is 5.53 Å². The van der Waals surface area contributed by atoms with Crippen LogP contribution in [-0.4, -0.2) is 4.98 Å². The van der Waals surface area contributed by atoms with E-state index >= 15 is 0 Å². The normalized spacial score (nSPS) is 12.0. The fourth-order valence-corrected chi connectivity index (χ4v) is 1.48. The van der Waals surface area contributed by atoms with Crippen LogP contribution in [0.4, 0.5) is 0 Å². The van der Waals surface area contributed by atoms with Crippen LogP contribution in [0, 0.1) is 5.53 Å². The molecule has 1 aromatic carbocycles. The second kappa shape index (κ2) is 4.46. The van der Waals surface area contributed by atoms with Crippen molar-refractivity contribution < 1.29 is 0 Å². The van der Waals surface area contributed by atoms with Crippen molar-refractivity contribution in [1.29, 1.82) is 5.53 Å². The number of rotatable bonds is 3. The van der Waals surface area contributed by atoms with Crippen molar-refractivity contribution in [3.05, 3.63) is 66.0 Å². The molecule has 0 saturated carbocycles. The fraction of sp³-hybridized carbons (Fsp3) is 0.0833. The van der Waals surface area contributed by atoms with Crippen molar-refractivity contribution in [3.8, 4) is 0 Å². The summed E-state index contributed by atoms with van der Waals surface area (Å²) < 4.78 is 0. The van der Waals surface area contributed by atoms with Crippen LogP contribution < -0.4 is 0 Å². The van der Waals surface area contributed by atoms with Gasteiger partial charge in [0.25, 0.3) is 0 Å². The molecule has 0 aliphatic heterocycles. The summed E-state index contributed by atoms with van der Waals surface area (Å²) in [5, 5.41) is 3.62. The maximum absolute atomic E-state index is 7.22. The molecular weight excluding hydrogens is 186 g/mol. The van der Waals surface area contributed by atoms with E-state index in [0.717, 1.165) is 11.3 Å². The van der Waals surface area contributed by atoms with Crippen LogP contribution >= 0.6 is 0 Å². The third kappa shape index (κ3) is 2.07. The van der Waals surface area contributed by atoms with Crippen molar-refractivity contribution in [2.24, 2.45) is 5.11 Å². The van der Waals surface area contributed by atoms with E-state index in [2.05, 4.69) is 10.1 Å². The number of pyridine rings is 1. The van der Waals surface area contributed by atoms with Crippen molar-refractivity contribution in [2.75, 3.05) is 0 Å². The highest BCUT2D eigenvalue weighted by molar-refractivity contribution is 5.27. The minimum atomic E-state index is -0.285. The summed E-state index contributed by atoms with van der Waals surface area (Å²) in [5.74, 6) is 0. The summed E-state index contributed by atoms with van der Waals surface area (Å²) in [6.45, 7) is 0. The predicted molar refractivity (Wildman–Crippen MR) is 57.7 cm³/mol. The fourth-order valence-electron chi connectivity index (χ4n) is 1.48. The SMILES string of the molecule is N=NC(c1ccccc1)c1ccccn1. The Bertz CT molecular complexity index is 386. The molecule has 0 bridgehead atoms. The average molecular weight is 197 g/mol. The van der Waals surface area contributed by atoms with Gasteiger partial charge in [0.05, 0.1) is 5.69 Å². The monoisotopic (exact) mass is 197 g/mol. The molecule has 2 aromatic rings. The van der Waals surface area contributed by atoms with Crippen molar-refractivity contribution in [3.63, 3.8) is 0 Å². The maximum Gasteiger partial charge on any atom is 0.137 e. The van der Waals surface area contributed by atoms with Gasteiger partial charge in [0.15, 0.2) is 0 Å². The molecule has 1 aromatic heterocycles. The van der Waals surface area contributed by atoms with Crippen molar-refractivity contribution in [2.45, 2.75) is 6.04 Å². The number of benzene rings is 1. The zero-order valence-electron chi connectivity index (χ0n) is 8.17. The molecule has 0 aliphatic rings. The van der Waals surface area contributed by atoms with Gasteiger partial charge >= 0.3 is 0 Å². The summed E-state index contributed by atoms with van der Waals surface area (Å²) in [5.41, 5.74) is 9.02. The van der Waals surface area contributed by atoms with E-state index in [4.69, 9.17) is 5.53 Å². The topological polar surface area (TPSA) is 49.1 Å². The lowest BCUT2D eigenvalue weighted by molar-refractivity contribution is 0.749. The molecule has 0 fully saturated rings. The number of aromatic nitrogens is 1. The molecule has 0 aliphatic carbocycles. The lowest BCUT2D eigenvalue weighted by atomic mass is 10.0. The van der Waals surface area contributed by atoms with Gasteiger partial charge in [0.1, 0.15) is 6.04 Å². The van der Waals surface area contributed by atoms with Crippen LogP contribution in [0.2, 0.25) is 0 Å². The Hall–Kier alpha value is -2.03. The molecule has 1 N–H and O–H groups in total. The van der Waals surface area contributed by atoms with Crippen LogP contribution in [0.5, 0.6) is 0 Å². The third-order valence-corrected chi connectivity index (χ3v) is 2.21. The van der Waals surface area contributed by atoms with E-state index in [-0.39, 0.29) is 6.04 Å².